The van der Waals surface area contributed by atoms with Crippen LogP contribution in [0.25, 0.3) is 0 Å². The summed E-state index contributed by atoms with van der Waals surface area (Å²) < 4.78 is 32.4. The molecule has 0 aliphatic rings. The van der Waals surface area contributed by atoms with Crippen LogP contribution in [0.4, 0.5) is 0 Å². The molecule has 0 saturated heterocycles. The molecule has 152 valence electrons. The van der Waals surface area contributed by atoms with Crippen LogP contribution in [0.2, 0.25) is 5.02 Å². The molecular weight excluding hydrogens is 406 g/mol. The van der Waals surface area contributed by atoms with E-state index < -0.39 is 27.9 Å². The summed E-state index contributed by atoms with van der Waals surface area (Å²) in [6.07, 6.45) is 1.38. The normalized spacial score (nSPS) is 12.6. The van der Waals surface area contributed by atoms with Gasteiger partial charge in [-0.05, 0) is 36.2 Å². The van der Waals surface area contributed by atoms with Crippen LogP contribution in [-0.4, -0.2) is 39.4 Å². The molecule has 0 spiro atoms. The van der Waals surface area contributed by atoms with E-state index in [0.29, 0.717) is 0 Å². The first-order valence-electron chi connectivity index (χ1n) is 8.58. The molecule has 0 fully saturated rings. The summed E-state index contributed by atoms with van der Waals surface area (Å²) in [5.41, 5.74) is 0. The van der Waals surface area contributed by atoms with Crippen molar-refractivity contribution in [2.75, 3.05) is 13.1 Å². The molecule has 1 aromatic carbocycles. The quantitative estimate of drug-likeness (QED) is 0.527. The van der Waals surface area contributed by atoms with Gasteiger partial charge in [-0.2, -0.15) is 4.72 Å². The molecule has 1 heterocycles. The predicted octanol–water partition coefficient (Wildman–Crippen LogP) is 1.78. The first-order valence-corrected chi connectivity index (χ1v) is 10.4. The zero-order chi connectivity index (χ0) is 20.7. The highest BCUT2D eigenvalue weighted by Gasteiger charge is 2.28. The molecule has 0 radical (unpaired) electrons. The minimum absolute atomic E-state index is 0.0239. The molecule has 0 unspecified atom stereocenters. The largest absolute Gasteiger partial charge is 0.459 e. The maximum Gasteiger partial charge on any atom is 0.287 e. The molecule has 10 heteroatoms. The van der Waals surface area contributed by atoms with E-state index in [-0.39, 0.29) is 34.7 Å². The molecule has 28 heavy (non-hydrogen) atoms. The van der Waals surface area contributed by atoms with Gasteiger partial charge < -0.3 is 15.1 Å². The van der Waals surface area contributed by atoms with Crippen LogP contribution in [0, 0.1) is 5.92 Å². The average Bonchev–Trinajstić information content (AvgIpc) is 3.17. The molecule has 2 aromatic rings. The van der Waals surface area contributed by atoms with Crippen LogP contribution in [-0.2, 0) is 14.8 Å². The Morgan fingerprint density at radius 3 is 2.43 bits per heavy atom. The lowest BCUT2D eigenvalue weighted by Crippen LogP contribution is -2.50. The smallest absolute Gasteiger partial charge is 0.287 e. The van der Waals surface area contributed by atoms with Crippen LogP contribution < -0.4 is 15.4 Å². The zero-order valence-electron chi connectivity index (χ0n) is 15.4. The highest BCUT2D eigenvalue weighted by molar-refractivity contribution is 7.89. The Balaban J connectivity index is 1.92. The average molecular weight is 428 g/mol. The van der Waals surface area contributed by atoms with Crippen LogP contribution >= 0.6 is 11.6 Å². The van der Waals surface area contributed by atoms with E-state index in [2.05, 4.69) is 15.4 Å². The summed E-state index contributed by atoms with van der Waals surface area (Å²) in [5.74, 6) is -1.03. The van der Waals surface area contributed by atoms with Crippen molar-refractivity contribution in [2.24, 2.45) is 5.92 Å². The summed E-state index contributed by atoms with van der Waals surface area (Å²) in [5, 5.41) is 5.48. The number of carbonyl (C=O) groups is 2. The van der Waals surface area contributed by atoms with E-state index in [9.17, 15) is 18.0 Å². The summed E-state index contributed by atoms with van der Waals surface area (Å²) in [4.78, 5) is 24.2. The third-order valence-corrected chi connectivity index (χ3v) is 5.47. The molecule has 1 atom stereocenters. The number of hydrogen-bond donors (Lipinski definition) is 3. The Bertz CT molecular complexity index is 913. The van der Waals surface area contributed by atoms with Crippen molar-refractivity contribution < 1.29 is 22.4 Å². The van der Waals surface area contributed by atoms with Gasteiger partial charge in [0.05, 0.1) is 11.2 Å². The molecule has 0 aliphatic carbocycles. The fraction of sp³-hybridized carbons (Fsp3) is 0.333. The number of carbonyl (C=O) groups excluding carboxylic acids is 2. The number of halogens is 1. The predicted molar refractivity (Wildman–Crippen MR) is 104 cm³/mol. The van der Waals surface area contributed by atoms with Crippen LogP contribution in [0.1, 0.15) is 24.4 Å². The standard InChI is InChI=1S/C18H22ClN3O5S/c1-12(2)16(22-28(25,26)14-6-3-5-13(19)11-14)18(24)21-9-8-20-17(23)15-7-4-10-27-15/h3-7,10-12,16,22H,8-9H2,1-2H3,(H,20,23)(H,21,24)/t16-/m0/s1. The lowest BCUT2D eigenvalue weighted by Gasteiger charge is -2.21. The summed E-state index contributed by atoms with van der Waals surface area (Å²) in [7, 11) is -3.92. The van der Waals surface area contributed by atoms with Gasteiger partial charge in [-0.25, -0.2) is 8.42 Å². The highest BCUT2D eigenvalue weighted by Crippen LogP contribution is 2.16. The van der Waals surface area contributed by atoms with Gasteiger partial charge in [0, 0.05) is 18.1 Å². The van der Waals surface area contributed by atoms with Crippen molar-refractivity contribution >= 4 is 33.4 Å². The fourth-order valence-electron chi connectivity index (χ4n) is 2.33. The van der Waals surface area contributed by atoms with Gasteiger partial charge in [0.15, 0.2) is 5.76 Å². The van der Waals surface area contributed by atoms with E-state index in [1.54, 1.807) is 26.0 Å². The summed E-state index contributed by atoms with van der Waals surface area (Å²) >= 11 is 5.85. The minimum atomic E-state index is -3.92. The molecule has 2 rings (SSSR count). The Morgan fingerprint density at radius 2 is 1.82 bits per heavy atom. The van der Waals surface area contributed by atoms with Gasteiger partial charge in [-0.1, -0.05) is 31.5 Å². The topological polar surface area (TPSA) is 118 Å². The third-order valence-electron chi connectivity index (χ3n) is 3.79. The number of rotatable bonds is 9. The number of hydrogen-bond acceptors (Lipinski definition) is 5. The Morgan fingerprint density at radius 1 is 1.11 bits per heavy atom. The number of nitrogens with one attached hydrogen (secondary N) is 3. The first kappa shape index (κ1) is 21.9. The summed E-state index contributed by atoms with van der Waals surface area (Å²) in [6.45, 7) is 3.75. The van der Waals surface area contributed by atoms with Crippen molar-refractivity contribution in [3.8, 4) is 0 Å². The van der Waals surface area contributed by atoms with Crippen molar-refractivity contribution in [3.05, 3.63) is 53.4 Å². The third kappa shape index (κ3) is 6.08. The second-order valence-corrected chi connectivity index (χ2v) is 8.47. The number of amides is 2. The number of sulfonamides is 1. The van der Waals surface area contributed by atoms with E-state index in [0.717, 1.165) is 0 Å². The van der Waals surface area contributed by atoms with Crippen molar-refractivity contribution in [1.82, 2.24) is 15.4 Å². The number of benzene rings is 1. The van der Waals surface area contributed by atoms with Crippen LogP contribution in [0.15, 0.2) is 52.0 Å². The maximum atomic E-state index is 12.5. The second kappa shape index (κ2) is 9.72. The van der Waals surface area contributed by atoms with E-state index in [1.165, 1.54) is 30.5 Å². The van der Waals surface area contributed by atoms with Gasteiger partial charge in [0.25, 0.3) is 5.91 Å². The zero-order valence-corrected chi connectivity index (χ0v) is 17.0. The molecule has 3 N–H and O–H groups in total. The molecule has 1 aromatic heterocycles. The summed E-state index contributed by atoms with van der Waals surface area (Å²) in [6, 6.07) is 7.91. The van der Waals surface area contributed by atoms with E-state index >= 15 is 0 Å². The highest BCUT2D eigenvalue weighted by atomic mass is 35.5. The van der Waals surface area contributed by atoms with Gasteiger partial charge >= 0.3 is 0 Å². The molecule has 8 nitrogen and oxygen atoms in total. The molecule has 0 aliphatic heterocycles. The fourth-order valence-corrected chi connectivity index (χ4v) is 3.97. The van der Waals surface area contributed by atoms with Crippen molar-refractivity contribution in [1.29, 1.82) is 0 Å². The van der Waals surface area contributed by atoms with E-state index in [1.807, 2.05) is 0 Å². The van der Waals surface area contributed by atoms with Gasteiger partial charge in [0.2, 0.25) is 15.9 Å². The Kier molecular flexibility index (Phi) is 7.61. The molecule has 0 bridgehead atoms. The monoisotopic (exact) mass is 427 g/mol. The maximum absolute atomic E-state index is 12.5. The Labute approximate surface area is 168 Å². The van der Waals surface area contributed by atoms with E-state index in [4.69, 9.17) is 16.0 Å². The Hall–Kier alpha value is -2.36. The molecule has 2 amide bonds. The van der Waals surface area contributed by atoms with Crippen LogP contribution in [0.3, 0.4) is 0 Å². The second-order valence-electron chi connectivity index (χ2n) is 6.32. The van der Waals surface area contributed by atoms with Crippen molar-refractivity contribution in [3.63, 3.8) is 0 Å². The molecular formula is C18H22ClN3O5S. The van der Waals surface area contributed by atoms with Crippen LogP contribution in [0.5, 0.6) is 0 Å². The first-order chi connectivity index (χ1) is 13.2. The SMILES string of the molecule is CC(C)[C@H](NS(=O)(=O)c1cccc(Cl)c1)C(=O)NCCNC(=O)c1ccco1. The lowest BCUT2D eigenvalue weighted by atomic mass is 10.1. The molecule has 0 saturated carbocycles. The van der Waals surface area contributed by atoms with Gasteiger partial charge in [-0.3, -0.25) is 9.59 Å². The number of furan rings is 1. The van der Waals surface area contributed by atoms with Gasteiger partial charge in [-0.15, -0.1) is 0 Å². The minimum Gasteiger partial charge on any atom is -0.459 e. The van der Waals surface area contributed by atoms with Gasteiger partial charge in [0.1, 0.15) is 6.04 Å². The van der Waals surface area contributed by atoms with Crippen molar-refractivity contribution in [2.45, 2.75) is 24.8 Å². The lowest BCUT2D eigenvalue weighted by molar-refractivity contribution is -0.123.